The molecular formula is C20H15Cl2F2N3O7S. The Kier molecular flexibility index (Phi) is 6.62. The third kappa shape index (κ3) is 4.76. The van der Waals surface area contributed by atoms with Crippen molar-refractivity contribution in [2.75, 3.05) is 0 Å². The van der Waals surface area contributed by atoms with Crippen LogP contribution in [0.5, 0.6) is 17.2 Å². The monoisotopic (exact) mass is 549 g/mol. The summed E-state index contributed by atoms with van der Waals surface area (Å²) in [5, 5.41) is 21.6. The van der Waals surface area contributed by atoms with Gasteiger partial charge in [0.1, 0.15) is 16.4 Å². The van der Waals surface area contributed by atoms with Gasteiger partial charge in [-0.25, -0.2) is 22.0 Å². The molecule has 1 heterocycles. The Morgan fingerprint density at radius 1 is 1.14 bits per heavy atom. The van der Waals surface area contributed by atoms with Crippen LogP contribution in [0.2, 0.25) is 10.0 Å². The number of benzene rings is 2. The van der Waals surface area contributed by atoms with E-state index in [1.54, 1.807) is 4.98 Å². The number of halogens is 4. The Bertz CT molecular complexity index is 1510. The summed E-state index contributed by atoms with van der Waals surface area (Å²) in [6, 6.07) is 5.65. The number of alkyl halides is 2. The molecule has 0 saturated heterocycles. The normalized spacial score (nSPS) is 17.9. The highest BCUT2D eigenvalue weighted by Gasteiger charge is 2.40. The first-order valence-electron chi connectivity index (χ1n) is 9.82. The summed E-state index contributed by atoms with van der Waals surface area (Å²) < 4.78 is 57.6. The standard InChI is InChI=1S/C20H15Cl2F2N3O7S/c21-12-3-8(27-20(31)25-19(30)16(26-27)18(23)24)4-13(22)17(12)34-10-1-2-14(29)15(7-10)35(32,33)11-5-9(28)6-11/h1-4,7,9,11,18,28-29H,5-6H2,(H,25,30,31). The number of rotatable bonds is 6. The van der Waals surface area contributed by atoms with Crippen molar-refractivity contribution < 1.29 is 32.1 Å². The second-order valence-electron chi connectivity index (χ2n) is 7.62. The first-order valence-corrected chi connectivity index (χ1v) is 12.1. The van der Waals surface area contributed by atoms with E-state index >= 15 is 0 Å². The van der Waals surface area contributed by atoms with Gasteiger partial charge in [-0.05, 0) is 37.1 Å². The first kappa shape index (κ1) is 25.1. The molecule has 35 heavy (non-hydrogen) atoms. The molecule has 4 rings (SSSR count). The molecule has 3 aromatic rings. The first-order chi connectivity index (χ1) is 16.4. The zero-order valence-corrected chi connectivity index (χ0v) is 19.6. The minimum absolute atomic E-state index is 0.0391. The van der Waals surface area contributed by atoms with Crippen LogP contribution in [0.15, 0.2) is 44.8 Å². The molecular weight excluding hydrogens is 535 g/mol. The second kappa shape index (κ2) is 9.22. The molecule has 15 heteroatoms. The minimum Gasteiger partial charge on any atom is -0.507 e. The summed E-state index contributed by atoms with van der Waals surface area (Å²) in [6.45, 7) is 0. The minimum atomic E-state index is -3.96. The molecule has 0 unspecified atom stereocenters. The fraction of sp³-hybridized carbons (Fsp3) is 0.250. The third-order valence-corrected chi connectivity index (χ3v) is 8.02. The molecule has 0 bridgehead atoms. The number of nitrogens with one attached hydrogen (secondary N) is 1. The van der Waals surface area contributed by atoms with Crippen LogP contribution < -0.4 is 16.0 Å². The number of hydrogen-bond acceptors (Lipinski definition) is 8. The fourth-order valence-electron chi connectivity index (χ4n) is 3.37. The lowest BCUT2D eigenvalue weighted by molar-refractivity contribution is 0.0976. The van der Waals surface area contributed by atoms with Gasteiger partial charge in [0.15, 0.2) is 21.3 Å². The number of hydrogen-bond donors (Lipinski definition) is 3. The Labute approximate surface area is 205 Å². The van der Waals surface area contributed by atoms with E-state index in [4.69, 9.17) is 27.9 Å². The van der Waals surface area contributed by atoms with Gasteiger partial charge in [-0.15, -0.1) is 0 Å². The number of aromatic hydroxyl groups is 1. The maximum absolute atomic E-state index is 13.0. The van der Waals surface area contributed by atoms with E-state index in [1.165, 1.54) is 6.07 Å². The molecule has 2 aromatic carbocycles. The average Bonchev–Trinajstić information content (AvgIpc) is 2.74. The van der Waals surface area contributed by atoms with Crippen molar-refractivity contribution >= 4 is 33.0 Å². The number of aromatic nitrogens is 3. The molecule has 1 saturated carbocycles. The second-order valence-corrected chi connectivity index (χ2v) is 10.6. The van der Waals surface area contributed by atoms with E-state index in [0.29, 0.717) is 4.68 Å². The number of aliphatic hydroxyl groups is 1. The number of phenolic OH excluding ortho intramolecular Hbond substituents is 1. The van der Waals surface area contributed by atoms with Crippen molar-refractivity contribution in [3.05, 3.63) is 66.9 Å². The van der Waals surface area contributed by atoms with Crippen LogP contribution in [0.3, 0.4) is 0 Å². The lowest BCUT2D eigenvalue weighted by atomic mass is 9.96. The number of aromatic amines is 1. The van der Waals surface area contributed by atoms with Gasteiger partial charge in [0.25, 0.3) is 12.0 Å². The number of nitrogens with zero attached hydrogens (tertiary/aromatic N) is 2. The maximum Gasteiger partial charge on any atom is 0.349 e. The van der Waals surface area contributed by atoms with Crippen LogP contribution >= 0.6 is 23.2 Å². The van der Waals surface area contributed by atoms with Gasteiger partial charge in [0.05, 0.1) is 27.1 Å². The van der Waals surface area contributed by atoms with Crippen LogP contribution in [0.25, 0.3) is 5.69 Å². The predicted molar refractivity (Wildman–Crippen MR) is 120 cm³/mol. The van der Waals surface area contributed by atoms with Gasteiger partial charge < -0.3 is 14.9 Å². The van der Waals surface area contributed by atoms with Gasteiger partial charge in [0.2, 0.25) is 0 Å². The van der Waals surface area contributed by atoms with Gasteiger partial charge in [-0.3, -0.25) is 9.78 Å². The van der Waals surface area contributed by atoms with Gasteiger partial charge in [-0.2, -0.15) is 9.78 Å². The number of ether oxygens (including phenoxy) is 1. The highest BCUT2D eigenvalue weighted by Crippen LogP contribution is 2.41. The summed E-state index contributed by atoms with van der Waals surface area (Å²) in [4.78, 5) is 24.9. The molecule has 0 atom stereocenters. The number of phenols is 1. The van der Waals surface area contributed by atoms with E-state index in [9.17, 15) is 37.0 Å². The van der Waals surface area contributed by atoms with Crippen molar-refractivity contribution in [3.63, 3.8) is 0 Å². The van der Waals surface area contributed by atoms with Crippen molar-refractivity contribution in [2.24, 2.45) is 0 Å². The van der Waals surface area contributed by atoms with E-state index in [-0.39, 0.29) is 40.1 Å². The molecule has 1 aliphatic rings. The van der Waals surface area contributed by atoms with Crippen LogP contribution in [0.1, 0.15) is 25.0 Å². The molecule has 0 amide bonds. The highest BCUT2D eigenvalue weighted by atomic mass is 35.5. The number of sulfone groups is 1. The summed E-state index contributed by atoms with van der Waals surface area (Å²) >= 11 is 12.4. The predicted octanol–water partition coefficient (Wildman–Crippen LogP) is 2.96. The Morgan fingerprint density at radius 3 is 2.34 bits per heavy atom. The number of H-pyrrole nitrogens is 1. The highest BCUT2D eigenvalue weighted by molar-refractivity contribution is 7.92. The quantitative estimate of drug-likeness (QED) is 0.424. The molecule has 186 valence electrons. The Morgan fingerprint density at radius 2 is 1.77 bits per heavy atom. The van der Waals surface area contributed by atoms with Crippen LogP contribution in [0.4, 0.5) is 8.78 Å². The van der Waals surface area contributed by atoms with Gasteiger partial charge in [-0.1, -0.05) is 23.2 Å². The van der Waals surface area contributed by atoms with Crippen LogP contribution in [0, 0.1) is 0 Å². The number of aliphatic hydroxyl groups excluding tert-OH is 1. The smallest absolute Gasteiger partial charge is 0.349 e. The summed E-state index contributed by atoms with van der Waals surface area (Å²) in [5.41, 5.74) is -3.80. The SMILES string of the molecule is O=c1[nH]c(=O)n(-c2cc(Cl)c(Oc3ccc(O)c(S(=O)(=O)C4CC(O)C4)c3)c(Cl)c2)nc1C(F)F. The topological polar surface area (TPSA) is 152 Å². The molecule has 0 spiro atoms. The van der Waals surface area contributed by atoms with Crippen molar-refractivity contribution in [1.82, 2.24) is 14.8 Å². The van der Waals surface area contributed by atoms with E-state index < -0.39 is 55.2 Å². The van der Waals surface area contributed by atoms with Crippen LogP contribution in [-0.2, 0) is 9.84 Å². The molecule has 0 aliphatic heterocycles. The Hall–Kier alpha value is -3.00. The molecule has 1 aromatic heterocycles. The van der Waals surface area contributed by atoms with Crippen molar-refractivity contribution in [2.45, 2.75) is 35.5 Å². The molecule has 0 radical (unpaired) electrons. The third-order valence-electron chi connectivity index (χ3n) is 5.25. The largest absolute Gasteiger partial charge is 0.507 e. The van der Waals surface area contributed by atoms with Gasteiger partial charge >= 0.3 is 5.69 Å². The molecule has 3 N–H and O–H groups in total. The summed E-state index contributed by atoms with van der Waals surface area (Å²) in [7, 11) is -3.96. The van der Waals surface area contributed by atoms with E-state index in [1.807, 2.05) is 0 Å². The van der Waals surface area contributed by atoms with E-state index in [0.717, 1.165) is 24.3 Å². The van der Waals surface area contributed by atoms with E-state index in [2.05, 4.69) is 5.10 Å². The van der Waals surface area contributed by atoms with Gasteiger partial charge in [0, 0.05) is 6.07 Å². The maximum atomic E-state index is 13.0. The summed E-state index contributed by atoms with van der Waals surface area (Å²) in [6.07, 6.45) is -3.90. The zero-order valence-electron chi connectivity index (χ0n) is 17.3. The lowest BCUT2D eigenvalue weighted by Crippen LogP contribution is -2.39. The zero-order chi connectivity index (χ0) is 25.7. The lowest BCUT2D eigenvalue weighted by Gasteiger charge is -2.31. The average molecular weight is 550 g/mol. The fourth-order valence-corrected chi connectivity index (χ4v) is 5.87. The Balaban J connectivity index is 1.69. The van der Waals surface area contributed by atoms with Crippen LogP contribution in [-0.4, -0.2) is 44.7 Å². The molecule has 10 nitrogen and oxygen atoms in total. The van der Waals surface area contributed by atoms with Crippen molar-refractivity contribution in [1.29, 1.82) is 0 Å². The molecule has 1 aliphatic carbocycles. The van der Waals surface area contributed by atoms with Crippen molar-refractivity contribution in [3.8, 4) is 22.9 Å². The molecule has 1 fully saturated rings. The summed E-state index contributed by atoms with van der Waals surface area (Å²) in [5.74, 6) is -0.738.